The van der Waals surface area contributed by atoms with Gasteiger partial charge in [-0.1, -0.05) is 55.0 Å². The Hall–Kier alpha value is -3.38. The largest absolute Gasteiger partial charge is 0.483 e. The lowest BCUT2D eigenvalue weighted by atomic mass is 10.1. The fraction of sp³-hybridized carbons (Fsp3) is 0.280. The molecule has 3 aromatic rings. The Bertz CT molecular complexity index is 904. The van der Waals surface area contributed by atoms with E-state index in [9.17, 15) is 4.79 Å². The van der Waals surface area contributed by atoms with Gasteiger partial charge in [0.2, 0.25) is 0 Å². The van der Waals surface area contributed by atoms with Gasteiger partial charge in [0.05, 0.1) is 6.67 Å². The summed E-state index contributed by atoms with van der Waals surface area (Å²) in [5, 5.41) is 9.57. The molecule has 6 heteroatoms. The maximum absolute atomic E-state index is 12.1. The van der Waals surface area contributed by atoms with Crippen LogP contribution in [0.1, 0.15) is 19.3 Å². The van der Waals surface area contributed by atoms with E-state index in [0.717, 1.165) is 55.0 Å². The van der Waals surface area contributed by atoms with Crippen molar-refractivity contribution in [2.45, 2.75) is 19.3 Å². The number of nitrogens with zero attached hydrogens (tertiary/aromatic N) is 1. The number of anilines is 1. The number of nitrogens with one attached hydrogen (secondary N) is 3. The highest BCUT2D eigenvalue weighted by Crippen LogP contribution is 2.29. The molecule has 1 heterocycles. The van der Waals surface area contributed by atoms with Crippen LogP contribution in [0.4, 0.5) is 5.69 Å². The van der Waals surface area contributed by atoms with Gasteiger partial charge in [-0.25, -0.2) is 0 Å². The minimum atomic E-state index is -0.0949. The molecule has 1 amide bonds. The molecule has 162 valence electrons. The van der Waals surface area contributed by atoms with E-state index in [2.05, 4.69) is 20.9 Å². The van der Waals surface area contributed by atoms with Crippen molar-refractivity contribution in [3.63, 3.8) is 0 Å². The number of unbranched alkanes of at least 4 members (excludes halogenated alkanes) is 2. The van der Waals surface area contributed by atoms with Crippen LogP contribution in [0.25, 0.3) is 11.1 Å². The highest BCUT2D eigenvalue weighted by Gasteiger charge is 2.07. The van der Waals surface area contributed by atoms with Gasteiger partial charge < -0.3 is 20.7 Å². The van der Waals surface area contributed by atoms with Crippen molar-refractivity contribution in [3.05, 3.63) is 79.1 Å². The number of carbonyl (C=O) groups excluding carboxylic acids is 1. The molecule has 0 saturated carbocycles. The summed E-state index contributed by atoms with van der Waals surface area (Å²) in [6, 6.07) is 21.7. The molecule has 0 aliphatic carbocycles. The number of aromatic nitrogens is 1. The number of ether oxygens (including phenoxy) is 1. The summed E-state index contributed by atoms with van der Waals surface area (Å²) in [7, 11) is 0. The molecule has 0 spiro atoms. The Morgan fingerprint density at radius 3 is 2.42 bits per heavy atom. The third kappa shape index (κ3) is 8.10. The minimum absolute atomic E-state index is 0.0199. The topological polar surface area (TPSA) is 75.3 Å². The monoisotopic (exact) mass is 418 g/mol. The summed E-state index contributed by atoms with van der Waals surface area (Å²) in [5.74, 6) is 0.623. The second-order valence-electron chi connectivity index (χ2n) is 7.15. The van der Waals surface area contributed by atoms with Gasteiger partial charge in [0.25, 0.3) is 5.91 Å². The zero-order valence-corrected chi connectivity index (χ0v) is 17.7. The molecule has 6 nitrogen and oxygen atoms in total. The van der Waals surface area contributed by atoms with Crippen LogP contribution in [0.3, 0.4) is 0 Å². The zero-order chi connectivity index (χ0) is 21.6. The molecule has 0 bridgehead atoms. The van der Waals surface area contributed by atoms with Gasteiger partial charge in [0, 0.05) is 30.2 Å². The Morgan fingerprint density at radius 1 is 0.839 bits per heavy atom. The van der Waals surface area contributed by atoms with Crippen LogP contribution in [0, 0.1) is 0 Å². The SMILES string of the molecule is O=C(COc1ccccc1-c1ccccc1)NCCCCCNCNc1ccncc1. The van der Waals surface area contributed by atoms with Crippen LogP contribution in [0.2, 0.25) is 0 Å². The molecule has 1 aromatic heterocycles. The summed E-state index contributed by atoms with van der Waals surface area (Å²) in [5.41, 5.74) is 3.11. The van der Waals surface area contributed by atoms with E-state index >= 15 is 0 Å². The van der Waals surface area contributed by atoms with Crippen LogP contribution >= 0.6 is 0 Å². The number of amides is 1. The van der Waals surface area contributed by atoms with E-state index in [-0.39, 0.29) is 12.5 Å². The highest BCUT2D eigenvalue weighted by molar-refractivity contribution is 5.78. The molecular weight excluding hydrogens is 388 g/mol. The number of para-hydroxylation sites is 1. The molecule has 0 aliphatic rings. The van der Waals surface area contributed by atoms with E-state index in [1.54, 1.807) is 12.4 Å². The number of hydrogen-bond donors (Lipinski definition) is 3. The fourth-order valence-corrected chi connectivity index (χ4v) is 3.15. The minimum Gasteiger partial charge on any atom is -0.483 e. The van der Waals surface area contributed by atoms with E-state index in [0.29, 0.717) is 6.54 Å². The lowest BCUT2D eigenvalue weighted by Gasteiger charge is -2.12. The van der Waals surface area contributed by atoms with E-state index < -0.39 is 0 Å². The van der Waals surface area contributed by atoms with Gasteiger partial charge in [0.1, 0.15) is 5.75 Å². The summed E-state index contributed by atoms with van der Waals surface area (Å²) in [6.07, 6.45) is 6.61. The normalized spacial score (nSPS) is 10.5. The van der Waals surface area contributed by atoms with Crippen LogP contribution < -0.4 is 20.7 Å². The van der Waals surface area contributed by atoms with Gasteiger partial charge >= 0.3 is 0 Å². The van der Waals surface area contributed by atoms with Gasteiger partial charge in [-0.3, -0.25) is 9.78 Å². The lowest BCUT2D eigenvalue weighted by molar-refractivity contribution is -0.123. The molecule has 31 heavy (non-hydrogen) atoms. The van der Waals surface area contributed by atoms with Crippen LogP contribution in [0.15, 0.2) is 79.1 Å². The van der Waals surface area contributed by atoms with Gasteiger partial charge in [-0.05, 0) is 43.1 Å². The van der Waals surface area contributed by atoms with E-state index in [4.69, 9.17) is 4.74 Å². The predicted octanol–water partition coefficient (Wildman–Crippen LogP) is 4.07. The smallest absolute Gasteiger partial charge is 0.257 e. The summed E-state index contributed by atoms with van der Waals surface area (Å²) in [4.78, 5) is 16.1. The highest BCUT2D eigenvalue weighted by atomic mass is 16.5. The molecule has 0 saturated heterocycles. The molecule has 0 fully saturated rings. The van der Waals surface area contributed by atoms with Crippen molar-refractivity contribution >= 4 is 11.6 Å². The number of hydrogen-bond acceptors (Lipinski definition) is 5. The first-order chi connectivity index (χ1) is 15.3. The molecule has 0 aliphatic heterocycles. The first kappa shape index (κ1) is 22.3. The Morgan fingerprint density at radius 2 is 1.58 bits per heavy atom. The van der Waals surface area contributed by atoms with Crippen LogP contribution in [-0.2, 0) is 4.79 Å². The third-order valence-corrected chi connectivity index (χ3v) is 4.78. The molecule has 0 atom stereocenters. The van der Waals surface area contributed by atoms with E-state index in [1.165, 1.54) is 0 Å². The zero-order valence-electron chi connectivity index (χ0n) is 17.7. The first-order valence-corrected chi connectivity index (χ1v) is 10.7. The molecule has 2 aromatic carbocycles. The van der Waals surface area contributed by atoms with Gasteiger partial charge in [-0.15, -0.1) is 0 Å². The number of rotatable bonds is 13. The van der Waals surface area contributed by atoms with Crippen molar-refractivity contribution < 1.29 is 9.53 Å². The maximum atomic E-state index is 12.1. The van der Waals surface area contributed by atoms with Crippen molar-refractivity contribution in [1.82, 2.24) is 15.6 Å². The standard InChI is InChI=1S/C25H30N4O2/c30-25(19-31-24-12-6-5-11-23(24)21-9-3-1-4-10-21)28-16-8-2-7-15-27-20-29-22-13-17-26-18-14-22/h1,3-6,9-14,17-18,27H,2,7-8,15-16,19-20H2,(H,26,29)(H,28,30). The molecule has 0 radical (unpaired) electrons. The Labute approximate surface area is 184 Å². The van der Waals surface area contributed by atoms with E-state index in [1.807, 2.05) is 66.7 Å². The first-order valence-electron chi connectivity index (χ1n) is 10.7. The maximum Gasteiger partial charge on any atom is 0.257 e. The molecular formula is C25H30N4O2. The van der Waals surface area contributed by atoms with Crippen LogP contribution in [0.5, 0.6) is 5.75 Å². The summed E-state index contributed by atoms with van der Waals surface area (Å²) in [6.45, 7) is 2.35. The van der Waals surface area contributed by atoms with Crippen molar-refractivity contribution in [3.8, 4) is 16.9 Å². The van der Waals surface area contributed by atoms with Crippen LogP contribution in [-0.4, -0.2) is 37.3 Å². The molecule has 3 rings (SSSR count). The number of benzene rings is 2. The molecule has 0 unspecified atom stereocenters. The number of pyridine rings is 1. The summed E-state index contributed by atoms with van der Waals surface area (Å²) < 4.78 is 5.78. The van der Waals surface area contributed by atoms with Gasteiger partial charge in [0.15, 0.2) is 6.61 Å². The average Bonchev–Trinajstić information content (AvgIpc) is 2.83. The number of carbonyl (C=O) groups is 1. The predicted molar refractivity (Wildman–Crippen MR) is 125 cm³/mol. The summed E-state index contributed by atoms with van der Waals surface area (Å²) >= 11 is 0. The second-order valence-corrected chi connectivity index (χ2v) is 7.15. The van der Waals surface area contributed by atoms with Gasteiger partial charge in [-0.2, -0.15) is 0 Å². The fourth-order valence-electron chi connectivity index (χ4n) is 3.15. The van der Waals surface area contributed by atoms with Crippen molar-refractivity contribution in [2.24, 2.45) is 0 Å². The average molecular weight is 419 g/mol. The quantitative estimate of drug-likeness (QED) is 0.288. The van der Waals surface area contributed by atoms with Crippen molar-refractivity contribution in [2.75, 3.05) is 31.7 Å². The Balaban J connectivity index is 1.25. The second kappa shape index (κ2) is 13.0. The molecule has 3 N–H and O–H groups in total. The van der Waals surface area contributed by atoms with Crippen molar-refractivity contribution in [1.29, 1.82) is 0 Å². The lowest BCUT2D eigenvalue weighted by Crippen LogP contribution is -2.30. The Kier molecular flexibility index (Phi) is 9.38. The third-order valence-electron chi connectivity index (χ3n) is 4.78.